The number of benzene rings is 1. The van der Waals surface area contributed by atoms with Gasteiger partial charge in [-0.15, -0.1) is 0 Å². The van der Waals surface area contributed by atoms with Crippen LogP contribution in [0.4, 0.5) is 0 Å². The summed E-state index contributed by atoms with van der Waals surface area (Å²) in [5, 5.41) is 3.64. The maximum Gasteiger partial charge on any atom is 0.0803 e. The Hall–Kier alpha value is -0.380. The minimum absolute atomic E-state index is 0.134. The first kappa shape index (κ1) is 16.7. The van der Waals surface area contributed by atoms with Gasteiger partial charge in [0.25, 0.3) is 0 Å². The molecule has 1 aromatic rings. The Morgan fingerprint density at radius 1 is 1.32 bits per heavy atom. The van der Waals surface area contributed by atoms with E-state index in [0.717, 1.165) is 25.8 Å². The lowest BCUT2D eigenvalue weighted by molar-refractivity contribution is -0.0287. The Morgan fingerprint density at radius 2 is 2.00 bits per heavy atom. The van der Waals surface area contributed by atoms with Crippen LogP contribution in [0, 0.1) is 0 Å². The lowest BCUT2D eigenvalue weighted by atomic mass is 9.88. The summed E-state index contributed by atoms with van der Waals surface area (Å²) in [4.78, 5) is 0. The molecule has 2 unspecified atom stereocenters. The van der Waals surface area contributed by atoms with Crippen LogP contribution in [0.2, 0.25) is 0 Å². The van der Waals surface area contributed by atoms with Gasteiger partial charge in [-0.2, -0.15) is 0 Å². The van der Waals surface area contributed by atoms with Gasteiger partial charge >= 0.3 is 0 Å². The van der Waals surface area contributed by atoms with Gasteiger partial charge in [0.1, 0.15) is 0 Å². The minimum Gasteiger partial charge on any atom is -0.377 e. The molecule has 108 valence electrons. The van der Waals surface area contributed by atoms with Gasteiger partial charge in [0.05, 0.1) is 5.60 Å². The highest BCUT2D eigenvalue weighted by Gasteiger charge is 2.32. The van der Waals surface area contributed by atoms with Gasteiger partial charge in [0, 0.05) is 17.6 Å². The summed E-state index contributed by atoms with van der Waals surface area (Å²) < 4.78 is 6.95. The number of ether oxygens (including phenoxy) is 1. The Morgan fingerprint density at radius 3 is 2.53 bits per heavy atom. The van der Waals surface area contributed by atoms with E-state index >= 15 is 0 Å². The summed E-state index contributed by atoms with van der Waals surface area (Å²) in [5.41, 5.74) is 1.19. The van der Waals surface area contributed by atoms with Crippen LogP contribution >= 0.6 is 15.9 Å². The topological polar surface area (TPSA) is 21.3 Å². The molecule has 0 aromatic heterocycles. The van der Waals surface area contributed by atoms with Crippen LogP contribution in [0.1, 0.15) is 39.2 Å². The average molecular weight is 328 g/mol. The van der Waals surface area contributed by atoms with Crippen molar-refractivity contribution in [2.75, 3.05) is 13.7 Å². The number of hydrogen-bond donors (Lipinski definition) is 1. The van der Waals surface area contributed by atoms with Crippen LogP contribution < -0.4 is 5.32 Å². The van der Waals surface area contributed by atoms with Crippen molar-refractivity contribution in [1.82, 2.24) is 5.32 Å². The highest BCUT2D eigenvalue weighted by atomic mass is 79.9. The largest absolute Gasteiger partial charge is 0.377 e. The lowest BCUT2D eigenvalue weighted by Crippen LogP contribution is -2.51. The Bertz CT molecular complexity index is 377. The molecule has 1 rings (SSSR count). The zero-order valence-corrected chi connectivity index (χ0v) is 14.1. The van der Waals surface area contributed by atoms with Crippen molar-refractivity contribution in [2.24, 2.45) is 0 Å². The fraction of sp³-hybridized carbons (Fsp3) is 0.625. The van der Waals surface area contributed by atoms with E-state index in [2.05, 4.69) is 66.3 Å². The molecular weight excluding hydrogens is 302 g/mol. The predicted molar refractivity (Wildman–Crippen MR) is 85.6 cm³/mol. The molecule has 0 radical (unpaired) electrons. The summed E-state index contributed by atoms with van der Waals surface area (Å²) >= 11 is 3.63. The van der Waals surface area contributed by atoms with Gasteiger partial charge in [-0.3, -0.25) is 0 Å². The van der Waals surface area contributed by atoms with Crippen molar-refractivity contribution in [3.63, 3.8) is 0 Å². The molecule has 0 aliphatic heterocycles. The number of halogens is 1. The first-order valence-corrected chi connectivity index (χ1v) is 7.88. The Kier molecular flexibility index (Phi) is 7.05. The van der Waals surface area contributed by atoms with Crippen LogP contribution in [0.5, 0.6) is 0 Å². The van der Waals surface area contributed by atoms with E-state index < -0.39 is 0 Å². The molecule has 0 amide bonds. The highest BCUT2D eigenvalue weighted by Crippen LogP contribution is 2.25. The summed E-state index contributed by atoms with van der Waals surface area (Å²) in [6.45, 7) is 7.59. The summed E-state index contributed by atoms with van der Waals surface area (Å²) in [7, 11) is 1.81. The fourth-order valence-electron chi connectivity index (χ4n) is 2.24. The molecule has 19 heavy (non-hydrogen) atoms. The van der Waals surface area contributed by atoms with E-state index in [-0.39, 0.29) is 5.60 Å². The van der Waals surface area contributed by atoms with Crippen molar-refractivity contribution in [3.8, 4) is 0 Å². The highest BCUT2D eigenvalue weighted by molar-refractivity contribution is 9.10. The van der Waals surface area contributed by atoms with Crippen molar-refractivity contribution < 1.29 is 4.74 Å². The lowest BCUT2D eigenvalue weighted by Gasteiger charge is -2.37. The second-order valence-corrected chi connectivity index (χ2v) is 6.03. The van der Waals surface area contributed by atoms with Crippen LogP contribution in [-0.4, -0.2) is 25.3 Å². The van der Waals surface area contributed by atoms with Crippen LogP contribution in [-0.2, 0) is 11.2 Å². The molecule has 0 spiro atoms. The van der Waals surface area contributed by atoms with Crippen molar-refractivity contribution in [1.29, 1.82) is 0 Å². The molecule has 0 bridgehead atoms. The SMILES string of the molecule is CCCNC(Cc1ccccc1Br)C(C)(CC)OC. The van der Waals surface area contributed by atoms with Gasteiger partial charge < -0.3 is 10.1 Å². The molecule has 0 aliphatic carbocycles. The molecule has 2 nitrogen and oxygen atoms in total. The molecule has 0 saturated heterocycles. The van der Waals surface area contributed by atoms with E-state index in [9.17, 15) is 0 Å². The molecule has 3 heteroatoms. The quantitative estimate of drug-likeness (QED) is 0.773. The molecule has 0 fully saturated rings. The van der Waals surface area contributed by atoms with E-state index in [1.54, 1.807) is 0 Å². The standard InChI is InChI=1S/C16H26BrNO/c1-5-11-18-15(16(3,6-2)19-4)12-13-9-7-8-10-14(13)17/h7-10,15,18H,5-6,11-12H2,1-4H3. The molecule has 2 atom stereocenters. The van der Waals surface area contributed by atoms with E-state index in [1.807, 2.05) is 7.11 Å². The normalized spacial score (nSPS) is 16.1. The first-order chi connectivity index (χ1) is 9.07. The summed E-state index contributed by atoms with van der Waals surface area (Å²) in [5.74, 6) is 0. The molecule has 1 N–H and O–H groups in total. The zero-order chi connectivity index (χ0) is 14.3. The van der Waals surface area contributed by atoms with Gasteiger partial charge in [-0.1, -0.05) is 48.0 Å². The predicted octanol–water partition coefficient (Wildman–Crippen LogP) is 4.17. The fourth-order valence-corrected chi connectivity index (χ4v) is 2.69. The van der Waals surface area contributed by atoms with Gasteiger partial charge in [0.2, 0.25) is 0 Å². The molecule has 1 aromatic carbocycles. The third-order valence-electron chi connectivity index (χ3n) is 3.93. The van der Waals surface area contributed by atoms with Crippen LogP contribution in [0.25, 0.3) is 0 Å². The molecular formula is C16H26BrNO. The molecule has 0 aliphatic rings. The molecule has 0 heterocycles. The maximum absolute atomic E-state index is 5.78. The summed E-state index contributed by atoms with van der Waals surface area (Å²) in [6, 6.07) is 8.74. The summed E-state index contributed by atoms with van der Waals surface area (Å²) in [6.07, 6.45) is 3.10. The number of methoxy groups -OCH3 is 1. The van der Waals surface area contributed by atoms with Gasteiger partial charge in [-0.05, 0) is 44.4 Å². The van der Waals surface area contributed by atoms with Gasteiger partial charge in [-0.25, -0.2) is 0 Å². The van der Waals surface area contributed by atoms with Crippen LogP contribution in [0.3, 0.4) is 0 Å². The second kappa shape index (κ2) is 8.03. The second-order valence-electron chi connectivity index (χ2n) is 5.17. The van der Waals surface area contributed by atoms with Crippen molar-refractivity contribution in [2.45, 2.75) is 51.7 Å². The third-order valence-corrected chi connectivity index (χ3v) is 4.70. The number of rotatable bonds is 8. The smallest absolute Gasteiger partial charge is 0.0803 e. The van der Waals surface area contributed by atoms with Crippen molar-refractivity contribution in [3.05, 3.63) is 34.3 Å². The number of hydrogen-bond acceptors (Lipinski definition) is 2. The average Bonchev–Trinajstić information content (AvgIpc) is 2.44. The van der Waals surface area contributed by atoms with Crippen LogP contribution in [0.15, 0.2) is 28.7 Å². The van der Waals surface area contributed by atoms with Crippen molar-refractivity contribution >= 4 is 15.9 Å². The van der Waals surface area contributed by atoms with E-state index in [4.69, 9.17) is 4.74 Å². The monoisotopic (exact) mass is 327 g/mol. The zero-order valence-electron chi connectivity index (χ0n) is 12.5. The Labute approximate surface area is 126 Å². The Balaban J connectivity index is 2.88. The maximum atomic E-state index is 5.78. The van der Waals surface area contributed by atoms with Gasteiger partial charge in [0.15, 0.2) is 0 Å². The third kappa shape index (κ3) is 4.59. The molecule has 0 saturated carbocycles. The van der Waals surface area contributed by atoms with E-state index in [1.165, 1.54) is 10.0 Å². The van der Waals surface area contributed by atoms with E-state index in [0.29, 0.717) is 6.04 Å². The minimum atomic E-state index is -0.134. The number of nitrogens with one attached hydrogen (secondary N) is 1. The first-order valence-electron chi connectivity index (χ1n) is 7.09.